The summed E-state index contributed by atoms with van der Waals surface area (Å²) in [6.45, 7) is 2.56. The van der Waals surface area contributed by atoms with Crippen LogP contribution in [0.25, 0.3) is 10.8 Å². The van der Waals surface area contributed by atoms with Gasteiger partial charge in [-0.1, -0.05) is 19.1 Å². The minimum atomic E-state index is -0.771. The highest BCUT2D eigenvalue weighted by molar-refractivity contribution is 6.39. The summed E-state index contributed by atoms with van der Waals surface area (Å²) in [7, 11) is 0. The molecule has 3 aromatic rings. The van der Waals surface area contributed by atoms with Gasteiger partial charge in [-0.15, -0.1) is 0 Å². The van der Waals surface area contributed by atoms with Crippen molar-refractivity contribution >= 4 is 34.2 Å². The zero-order valence-corrected chi connectivity index (χ0v) is 17.1. The summed E-state index contributed by atoms with van der Waals surface area (Å²) in [5.74, 6) is -1.76. The Morgan fingerprint density at radius 1 is 1.03 bits per heavy atom. The van der Waals surface area contributed by atoms with Gasteiger partial charge in [0.15, 0.2) is 0 Å². The number of nitrogens with one attached hydrogen (secondary N) is 1. The van der Waals surface area contributed by atoms with Crippen LogP contribution >= 0.6 is 0 Å². The molecule has 3 N–H and O–H groups in total. The fraction of sp³-hybridized carbons (Fsp3) is 0.261. The van der Waals surface area contributed by atoms with Crippen molar-refractivity contribution in [1.29, 1.82) is 0 Å². The van der Waals surface area contributed by atoms with Crippen LogP contribution in [0.2, 0.25) is 0 Å². The zero-order chi connectivity index (χ0) is 22.0. The van der Waals surface area contributed by atoms with Crippen LogP contribution < -0.4 is 11.1 Å². The Balaban J connectivity index is 1.58. The molecule has 0 saturated carbocycles. The summed E-state index contributed by atoms with van der Waals surface area (Å²) in [6, 6.07) is 9.16. The Bertz CT molecular complexity index is 1160. The summed E-state index contributed by atoms with van der Waals surface area (Å²) < 4.78 is 0. The molecule has 8 heteroatoms. The van der Waals surface area contributed by atoms with Gasteiger partial charge in [-0.3, -0.25) is 24.4 Å². The van der Waals surface area contributed by atoms with Crippen LogP contribution in [0.1, 0.15) is 41.7 Å². The van der Waals surface area contributed by atoms with Crippen LogP contribution in [0, 0.1) is 5.92 Å². The maximum absolute atomic E-state index is 13.1. The molecule has 1 aromatic carbocycles. The maximum atomic E-state index is 13.1. The first kappa shape index (κ1) is 20.5. The molecule has 1 aliphatic heterocycles. The normalized spacial score (nSPS) is 18.5. The van der Waals surface area contributed by atoms with Crippen molar-refractivity contribution in [3.05, 3.63) is 66.2 Å². The number of anilines is 1. The predicted octanol–water partition coefficient (Wildman–Crippen LogP) is 2.67. The van der Waals surface area contributed by atoms with Crippen molar-refractivity contribution < 1.29 is 14.4 Å². The lowest BCUT2D eigenvalue weighted by Crippen LogP contribution is -2.46. The molecular weight excluding hydrogens is 394 g/mol. The van der Waals surface area contributed by atoms with Crippen molar-refractivity contribution in [3.8, 4) is 0 Å². The van der Waals surface area contributed by atoms with E-state index in [2.05, 4.69) is 28.3 Å². The van der Waals surface area contributed by atoms with Crippen molar-refractivity contribution in [3.63, 3.8) is 0 Å². The molecule has 158 valence electrons. The van der Waals surface area contributed by atoms with Gasteiger partial charge in [0.25, 0.3) is 0 Å². The molecule has 2 aromatic heterocycles. The monoisotopic (exact) mass is 417 g/mol. The van der Waals surface area contributed by atoms with E-state index in [-0.39, 0.29) is 23.2 Å². The molecule has 0 aliphatic carbocycles. The predicted molar refractivity (Wildman–Crippen MR) is 116 cm³/mol. The van der Waals surface area contributed by atoms with E-state index in [4.69, 9.17) is 5.73 Å². The third-order valence-electron chi connectivity index (χ3n) is 5.60. The third kappa shape index (κ3) is 4.37. The van der Waals surface area contributed by atoms with E-state index in [0.717, 1.165) is 29.2 Å². The number of nitrogens with two attached hydrogens (primary N) is 1. The van der Waals surface area contributed by atoms with Gasteiger partial charge >= 0.3 is 11.8 Å². The number of carbonyl (C=O) groups is 3. The smallest absolute Gasteiger partial charge is 0.313 e. The van der Waals surface area contributed by atoms with Crippen LogP contribution in [-0.4, -0.2) is 39.1 Å². The molecule has 8 nitrogen and oxygen atoms in total. The van der Waals surface area contributed by atoms with Gasteiger partial charge in [-0.2, -0.15) is 0 Å². The van der Waals surface area contributed by atoms with Crippen LogP contribution in [0.4, 0.5) is 5.69 Å². The molecule has 2 atom stereocenters. The highest BCUT2D eigenvalue weighted by Gasteiger charge is 2.34. The molecule has 1 unspecified atom stereocenters. The molecule has 4 rings (SSSR count). The number of carbonyl (C=O) groups excluding carboxylic acids is 3. The molecule has 0 spiro atoms. The first-order valence-corrected chi connectivity index (χ1v) is 10.1. The number of fused-ring (bicyclic) bond motifs is 1. The van der Waals surface area contributed by atoms with E-state index in [9.17, 15) is 14.4 Å². The second-order valence-corrected chi connectivity index (χ2v) is 7.92. The first-order valence-electron chi connectivity index (χ1n) is 10.1. The van der Waals surface area contributed by atoms with Crippen LogP contribution in [0.15, 0.2) is 55.1 Å². The standard InChI is InChI=1S/C23H23N5O3/c1-14-2-5-20(16-3-4-17-10-25-7-6-15(17)8-16)28(13-14)23(31)22(30)27-19-9-18(21(24)29)11-26-12-19/h3-4,6-12,14,20H,2,5,13H2,1H3,(H2,24,29)(H,27,30)/t14-,20?/m0/s1. The summed E-state index contributed by atoms with van der Waals surface area (Å²) in [6.07, 6.45) is 7.94. The van der Waals surface area contributed by atoms with E-state index < -0.39 is 17.7 Å². The number of nitrogens with zero attached hydrogens (tertiary/aromatic N) is 3. The number of hydrogen-bond acceptors (Lipinski definition) is 5. The van der Waals surface area contributed by atoms with Gasteiger partial charge in [0, 0.05) is 30.5 Å². The van der Waals surface area contributed by atoms with Crippen molar-refractivity contribution in [1.82, 2.24) is 14.9 Å². The molecule has 1 saturated heterocycles. The number of pyridine rings is 2. The fourth-order valence-electron chi connectivity index (χ4n) is 3.99. The van der Waals surface area contributed by atoms with Gasteiger partial charge in [0.2, 0.25) is 5.91 Å². The largest absolute Gasteiger partial charge is 0.366 e. The lowest BCUT2D eigenvalue weighted by Gasteiger charge is -2.38. The minimum absolute atomic E-state index is 0.153. The summed E-state index contributed by atoms with van der Waals surface area (Å²) in [5.41, 5.74) is 6.64. The van der Waals surface area contributed by atoms with Gasteiger partial charge in [0.05, 0.1) is 23.5 Å². The molecule has 1 aliphatic rings. The van der Waals surface area contributed by atoms with Crippen molar-refractivity contribution in [2.45, 2.75) is 25.8 Å². The number of rotatable bonds is 3. The van der Waals surface area contributed by atoms with Crippen LogP contribution in [-0.2, 0) is 9.59 Å². The molecular formula is C23H23N5O3. The van der Waals surface area contributed by atoms with Crippen LogP contribution in [0.3, 0.4) is 0 Å². The lowest BCUT2D eigenvalue weighted by molar-refractivity contribution is -0.146. The number of primary amides is 1. The highest BCUT2D eigenvalue weighted by Crippen LogP contribution is 2.34. The summed E-state index contributed by atoms with van der Waals surface area (Å²) in [4.78, 5) is 46.8. The lowest BCUT2D eigenvalue weighted by atomic mass is 9.89. The van der Waals surface area contributed by atoms with E-state index in [0.29, 0.717) is 6.54 Å². The Morgan fingerprint density at radius 2 is 1.87 bits per heavy atom. The SMILES string of the molecule is C[C@H]1CCC(c2ccc3cnccc3c2)N(C(=O)C(=O)Nc2cncc(C(N)=O)c2)C1. The molecule has 3 heterocycles. The van der Waals surface area contributed by atoms with Gasteiger partial charge in [-0.25, -0.2) is 0 Å². The maximum Gasteiger partial charge on any atom is 0.313 e. The number of likely N-dealkylation sites (tertiary alicyclic amines) is 1. The average Bonchev–Trinajstić information content (AvgIpc) is 2.78. The summed E-state index contributed by atoms with van der Waals surface area (Å²) >= 11 is 0. The highest BCUT2D eigenvalue weighted by atomic mass is 16.2. The molecule has 0 radical (unpaired) electrons. The molecule has 0 bridgehead atoms. The second kappa shape index (κ2) is 8.51. The van der Waals surface area contributed by atoms with Crippen molar-refractivity contribution in [2.24, 2.45) is 11.7 Å². The summed E-state index contributed by atoms with van der Waals surface area (Å²) in [5, 5.41) is 4.60. The minimum Gasteiger partial charge on any atom is -0.366 e. The average molecular weight is 417 g/mol. The topological polar surface area (TPSA) is 118 Å². The number of amides is 3. The van der Waals surface area contributed by atoms with Gasteiger partial charge in [-0.05, 0) is 47.9 Å². The van der Waals surface area contributed by atoms with E-state index in [1.165, 1.54) is 18.5 Å². The Kier molecular flexibility index (Phi) is 5.62. The molecule has 31 heavy (non-hydrogen) atoms. The van der Waals surface area contributed by atoms with Crippen molar-refractivity contribution in [2.75, 3.05) is 11.9 Å². The number of piperidine rings is 1. The van der Waals surface area contributed by atoms with Gasteiger partial charge in [0.1, 0.15) is 0 Å². The van der Waals surface area contributed by atoms with E-state index in [1.54, 1.807) is 17.3 Å². The van der Waals surface area contributed by atoms with E-state index >= 15 is 0 Å². The molecule has 1 fully saturated rings. The second-order valence-electron chi connectivity index (χ2n) is 7.92. The Hall–Kier alpha value is -3.81. The Morgan fingerprint density at radius 3 is 2.68 bits per heavy atom. The van der Waals surface area contributed by atoms with Gasteiger partial charge < -0.3 is 16.0 Å². The van der Waals surface area contributed by atoms with E-state index in [1.807, 2.05) is 18.2 Å². The van der Waals surface area contributed by atoms with Crippen LogP contribution in [0.5, 0.6) is 0 Å². The molecule has 3 amide bonds. The Labute approximate surface area is 179 Å². The number of aromatic nitrogens is 2. The fourth-order valence-corrected chi connectivity index (χ4v) is 3.99. The number of benzene rings is 1. The quantitative estimate of drug-likeness (QED) is 0.635. The number of hydrogen-bond donors (Lipinski definition) is 2. The zero-order valence-electron chi connectivity index (χ0n) is 17.1. The third-order valence-corrected chi connectivity index (χ3v) is 5.60. The first-order chi connectivity index (χ1) is 14.9.